The molecule has 2 saturated heterocycles. The van der Waals surface area contributed by atoms with Crippen LogP contribution in [0, 0.1) is 0 Å². The van der Waals surface area contributed by atoms with Crippen molar-refractivity contribution in [2.45, 2.75) is 50.4 Å². The Morgan fingerprint density at radius 3 is 2.85 bits per heavy atom. The van der Waals surface area contributed by atoms with E-state index in [1.165, 1.54) is 10.8 Å². The molecule has 2 aliphatic rings. The lowest BCUT2D eigenvalue weighted by Gasteiger charge is -2.36. The van der Waals surface area contributed by atoms with Crippen molar-refractivity contribution in [1.82, 2.24) is 24.5 Å². The van der Waals surface area contributed by atoms with Crippen LogP contribution >= 0.6 is 0 Å². The minimum Gasteiger partial charge on any atom is -0.393 e. The number of aliphatic hydroxyl groups excluding tert-OH is 1. The maximum Gasteiger partial charge on any atom is 0.274 e. The van der Waals surface area contributed by atoms with Crippen LogP contribution in [0.25, 0.3) is 5.78 Å². The van der Waals surface area contributed by atoms with E-state index >= 15 is 0 Å². The Morgan fingerprint density at radius 2 is 2.10 bits per heavy atom. The summed E-state index contributed by atoms with van der Waals surface area (Å²) in [6.07, 6.45) is 5.22. The molecule has 2 fully saturated rings. The summed E-state index contributed by atoms with van der Waals surface area (Å²) in [5.41, 5.74) is 0.627. The van der Waals surface area contributed by atoms with Gasteiger partial charge in [-0.2, -0.15) is 4.52 Å². The first-order valence-corrected chi connectivity index (χ1v) is 7.06. The quantitative estimate of drug-likeness (QED) is 0.799. The van der Waals surface area contributed by atoms with E-state index in [4.69, 9.17) is 0 Å². The van der Waals surface area contributed by atoms with Gasteiger partial charge in [-0.25, -0.2) is 9.97 Å². The lowest BCUT2D eigenvalue weighted by molar-refractivity contribution is 0.0303. The monoisotopic (exact) mass is 275 g/mol. The maximum absolute atomic E-state index is 11.9. The maximum atomic E-state index is 11.9. The van der Waals surface area contributed by atoms with Crippen LogP contribution in [0.5, 0.6) is 0 Å². The SMILES string of the molecule is O=c1cc(CN2C3CCC2CC(O)C3)nc2nc[nH]n12. The molecule has 7 heteroatoms. The van der Waals surface area contributed by atoms with Gasteiger partial charge in [-0.3, -0.25) is 14.8 Å². The number of H-pyrrole nitrogens is 1. The average molecular weight is 275 g/mol. The molecule has 0 radical (unpaired) electrons. The van der Waals surface area contributed by atoms with Crippen molar-refractivity contribution in [3.63, 3.8) is 0 Å². The van der Waals surface area contributed by atoms with E-state index in [-0.39, 0.29) is 11.7 Å². The van der Waals surface area contributed by atoms with E-state index in [0.29, 0.717) is 24.4 Å². The van der Waals surface area contributed by atoms with Gasteiger partial charge in [-0.05, 0) is 25.7 Å². The van der Waals surface area contributed by atoms with Gasteiger partial charge in [0, 0.05) is 24.7 Å². The molecule has 2 aromatic rings. The Balaban J connectivity index is 1.63. The van der Waals surface area contributed by atoms with Gasteiger partial charge in [0.15, 0.2) is 0 Å². The molecule has 0 aliphatic carbocycles. The minimum absolute atomic E-state index is 0.133. The smallest absolute Gasteiger partial charge is 0.274 e. The number of piperidine rings is 1. The Morgan fingerprint density at radius 1 is 1.35 bits per heavy atom. The topological polar surface area (TPSA) is 86.5 Å². The fraction of sp³-hybridized carbons (Fsp3) is 0.615. The van der Waals surface area contributed by atoms with Gasteiger partial charge < -0.3 is 5.11 Å². The van der Waals surface area contributed by atoms with Gasteiger partial charge in [-0.1, -0.05) is 0 Å². The Hall–Kier alpha value is -1.73. The Bertz CT molecular complexity index is 679. The number of nitrogens with one attached hydrogen (secondary N) is 1. The first-order chi connectivity index (χ1) is 9.70. The van der Waals surface area contributed by atoms with Crippen molar-refractivity contribution in [3.05, 3.63) is 28.4 Å². The molecule has 4 heterocycles. The molecule has 2 N–H and O–H groups in total. The Labute approximate surface area is 115 Å². The lowest BCUT2D eigenvalue weighted by Crippen LogP contribution is -2.44. The molecule has 2 bridgehead atoms. The van der Waals surface area contributed by atoms with Gasteiger partial charge in [0.1, 0.15) is 6.33 Å². The van der Waals surface area contributed by atoms with Gasteiger partial charge in [0.2, 0.25) is 0 Å². The van der Waals surface area contributed by atoms with Crippen LogP contribution in [-0.4, -0.2) is 47.8 Å². The summed E-state index contributed by atoms with van der Waals surface area (Å²) in [5.74, 6) is 0.414. The number of nitrogens with zero attached hydrogens (tertiary/aromatic N) is 4. The highest BCUT2D eigenvalue weighted by Gasteiger charge is 2.40. The van der Waals surface area contributed by atoms with Crippen LogP contribution in [-0.2, 0) is 6.54 Å². The minimum atomic E-state index is -0.170. The summed E-state index contributed by atoms with van der Waals surface area (Å²) in [4.78, 5) is 22.8. The zero-order chi connectivity index (χ0) is 13.7. The van der Waals surface area contributed by atoms with Crippen molar-refractivity contribution in [3.8, 4) is 0 Å². The van der Waals surface area contributed by atoms with Gasteiger partial charge in [0.05, 0.1) is 11.8 Å². The number of rotatable bonds is 2. The number of hydrogen-bond donors (Lipinski definition) is 2. The molecule has 20 heavy (non-hydrogen) atoms. The molecule has 7 nitrogen and oxygen atoms in total. The van der Waals surface area contributed by atoms with Crippen molar-refractivity contribution >= 4 is 5.78 Å². The van der Waals surface area contributed by atoms with Gasteiger partial charge in [-0.15, -0.1) is 0 Å². The molecule has 0 amide bonds. The summed E-state index contributed by atoms with van der Waals surface area (Å²) in [5, 5.41) is 12.6. The van der Waals surface area contributed by atoms with Crippen molar-refractivity contribution in [2.75, 3.05) is 0 Å². The predicted octanol–water partition coefficient (Wildman–Crippen LogP) is -0.0947. The molecule has 2 atom stereocenters. The summed E-state index contributed by atoms with van der Waals surface area (Å²) < 4.78 is 1.33. The van der Waals surface area contributed by atoms with E-state index in [1.807, 2.05) is 0 Å². The highest BCUT2D eigenvalue weighted by atomic mass is 16.3. The highest BCUT2D eigenvalue weighted by molar-refractivity contribution is 5.26. The second-order valence-electron chi connectivity index (χ2n) is 5.79. The molecule has 0 aromatic carbocycles. The normalized spacial score (nSPS) is 30.1. The molecule has 4 rings (SSSR count). The van der Waals surface area contributed by atoms with Crippen LogP contribution in [0.3, 0.4) is 0 Å². The lowest BCUT2D eigenvalue weighted by atomic mass is 10.00. The second kappa shape index (κ2) is 4.39. The van der Waals surface area contributed by atoms with Crippen LogP contribution < -0.4 is 5.56 Å². The molecule has 106 valence electrons. The summed E-state index contributed by atoms with van der Waals surface area (Å²) >= 11 is 0. The van der Waals surface area contributed by atoms with Crippen LogP contribution in [0.1, 0.15) is 31.4 Å². The zero-order valence-electron chi connectivity index (χ0n) is 11.1. The first-order valence-electron chi connectivity index (χ1n) is 7.06. The largest absolute Gasteiger partial charge is 0.393 e. The third-order valence-electron chi connectivity index (χ3n) is 4.52. The highest BCUT2D eigenvalue weighted by Crippen LogP contribution is 2.36. The molecule has 2 aliphatic heterocycles. The van der Waals surface area contributed by atoms with Crippen LogP contribution in [0.2, 0.25) is 0 Å². The summed E-state index contributed by atoms with van der Waals surface area (Å²) in [6, 6.07) is 2.40. The fourth-order valence-corrected chi connectivity index (χ4v) is 3.64. The number of aromatic amines is 1. The number of hydrogen-bond acceptors (Lipinski definition) is 5. The van der Waals surface area contributed by atoms with Crippen molar-refractivity contribution in [2.24, 2.45) is 0 Å². The van der Waals surface area contributed by atoms with E-state index in [9.17, 15) is 9.90 Å². The first kappa shape index (κ1) is 12.0. The van der Waals surface area contributed by atoms with E-state index in [1.54, 1.807) is 6.07 Å². The standard InChI is InChI=1S/C13H17N5O2/c19-11-4-9-1-2-10(5-11)17(9)6-8-3-12(20)18-13(16-8)14-7-15-18/h3,7,9-11,19H,1-2,4-6H2,(H,14,15,16). The molecule has 0 spiro atoms. The number of fused-ring (bicyclic) bond motifs is 3. The average Bonchev–Trinajstić information content (AvgIpc) is 2.95. The third kappa shape index (κ3) is 1.85. The fourth-order valence-electron chi connectivity index (χ4n) is 3.64. The molecule has 0 saturated carbocycles. The molecular weight excluding hydrogens is 258 g/mol. The van der Waals surface area contributed by atoms with Crippen molar-refractivity contribution in [1.29, 1.82) is 0 Å². The second-order valence-corrected chi connectivity index (χ2v) is 5.79. The van der Waals surface area contributed by atoms with E-state index in [0.717, 1.165) is 31.4 Å². The number of aliphatic hydroxyl groups is 1. The zero-order valence-corrected chi connectivity index (χ0v) is 11.1. The van der Waals surface area contributed by atoms with Crippen LogP contribution in [0.15, 0.2) is 17.2 Å². The van der Waals surface area contributed by atoms with E-state index < -0.39 is 0 Å². The van der Waals surface area contributed by atoms with Gasteiger partial charge >= 0.3 is 0 Å². The predicted molar refractivity (Wildman–Crippen MR) is 71.2 cm³/mol. The van der Waals surface area contributed by atoms with Gasteiger partial charge in [0.25, 0.3) is 11.3 Å². The van der Waals surface area contributed by atoms with Crippen molar-refractivity contribution < 1.29 is 5.11 Å². The van der Waals surface area contributed by atoms with Crippen LogP contribution in [0.4, 0.5) is 0 Å². The molecule has 2 unspecified atom stereocenters. The number of aromatic nitrogens is 4. The third-order valence-corrected chi connectivity index (χ3v) is 4.52. The summed E-state index contributed by atoms with van der Waals surface area (Å²) in [7, 11) is 0. The van der Waals surface area contributed by atoms with E-state index in [2.05, 4.69) is 20.0 Å². The molecule has 2 aromatic heterocycles. The Kier molecular flexibility index (Phi) is 2.64. The summed E-state index contributed by atoms with van der Waals surface area (Å²) in [6.45, 7) is 0.667. The molecular formula is C13H17N5O2.